The van der Waals surface area contributed by atoms with Gasteiger partial charge in [0.1, 0.15) is 0 Å². The van der Waals surface area contributed by atoms with Crippen molar-refractivity contribution >= 4 is 5.71 Å². The molecule has 0 aliphatic rings. The molecule has 0 atom stereocenters. The number of nitrogens with zero attached hydrogens (tertiary/aromatic N) is 1. The first-order valence-corrected chi connectivity index (χ1v) is 3.51. The lowest BCUT2D eigenvalue weighted by molar-refractivity contribution is 0.916. The second-order valence-corrected chi connectivity index (χ2v) is 2.16. The van der Waals surface area contributed by atoms with Crippen LogP contribution in [0.15, 0.2) is 4.99 Å². The highest BCUT2D eigenvalue weighted by Gasteiger charge is 1.85. The molecular weight excluding hydrogens is 112 g/mol. The van der Waals surface area contributed by atoms with Gasteiger partial charge in [-0.25, -0.2) is 0 Å². The summed E-state index contributed by atoms with van der Waals surface area (Å²) in [5.41, 5.74) is 6.50. The zero-order valence-electron chi connectivity index (χ0n) is 6.35. The number of aliphatic imine (C=N–C) groups is 1. The van der Waals surface area contributed by atoms with E-state index in [0.717, 1.165) is 25.9 Å². The fourth-order valence-electron chi connectivity index (χ4n) is 0.591. The summed E-state index contributed by atoms with van der Waals surface area (Å²) in [5, 5.41) is 0. The third-order valence-electron chi connectivity index (χ3n) is 1.11. The SMILES string of the molecule is CCCN=C(C)CCN. The van der Waals surface area contributed by atoms with Gasteiger partial charge in [-0.3, -0.25) is 4.99 Å². The lowest BCUT2D eigenvalue weighted by atomic mass is 10.3. The monoisotopic (exact) mass is 128 g/mol. The van der Waals surface area contributed by atoms with Crippen LogP contribution in [0.1, 0.15) is 26.7 Å². The van der Waals surface area contributed by atoms with Crippen LogP contribution in [0.2, 0.25) is 0 Å². The Hall–Kier alpha value is -0.370. The van der Waals surface area contributed by atoms with E-state index in [0.29, 0.717) is 0 Å². The molecule has 2 N–H and O–H groups in total. The van der Waals surface area contributed by atoms with Crippen LogP contribution < -0.4 is 5.73 Å². The maximum Gasteiger partial charge on any atom is 0.0385 e. The number of hydrogen-bond acceptors (Lipinski definition) is 2. The summed E-state index contributed by atoms with van der Waals surface area (Å²) in [6.07, 6.45) is 2.07. The van der Waals surface area contributed by atoms with Crippen LogP contribution in [-0.4, -0.2) is 18.8 Å². The average molecular weight is 128 g/mol. The van der Waals surface area contributed by atoms with Crippen molar-refractivity contribution in [2.75, 3.05) is 13.1 Å². The van der Waals surface area contributed by atoms with E-state index in [1.54, 1.807) is 0 Å². The molecule has 0 radical (unpaired) electrons. The highest BCUT2D eigenvalue weighted by atomic mass is 14.7. The summed E-state index contributed by atoms with van der Waals surface area (Å²) < 4.78 is 0. The minimum Gasteiger partial charge on any atom is -0.330 e. The molecule has 0 spiro atoms. The zero-order chi connectivity index (χ0) is 7.11. The Morgan fingerprint density at radius 3 is 2.67 bits per heavy atom. The van der Waals surface area contributed by atoms with Crippen molar-refractivity contribution in [3.8, 4) is 0 Å². The molecule has 0 unspecified atom stereocenters. The van der Waals surface area contributed by atoms with Crippen molar-refractivity contribution in [3.05, 3.63) is 0 Å². The maximum atomic E-state index is 5.32. The van der Waals surface area contributed by atoms with Crippen LogP contribution in [-0.2, 0) is 0 Å². The van der Waals surface area contributed by atoms with Crippen molar-refractivity contribution in [1.29, 1.82) is 0 Å². The van der Waals surface area contributed by atoms with Gasteiger partial charge in [-0.05, 0) is 26.3 Å². The van der Waals surface area contributed by atoms with Gasteiger partial charge >= 0.3 is 0 Å². The minimum atomic E-state index is 0.721. The molecule has 0 aliphatic carbocycles. The Labute approximate surface area is 57.2 Å². The highest BCUT2D eigenvalue weighted by Crippen LogP contribution is 1.85. The average Bonchev–Trinajstić information content (AvgIpc) is 1.85. The van der Waals surface area contributed by atoms with Gasteiger partial charge in [0.15, 0.2) is 0 Å². The number of rotatable bonds is 4. The summed E-state index contributed by atoms with van der Waals surface area (Å²) in [7, 11) is 0. The van der Waals surface area contributed by atoms with Crippen LogP contribution >= 0.6 is 0 Å². The van der Waals surface area contributed by atoms with Crippen molar-refractivity contribution < 1.29 is 0 Å². The van der Waals surface area contributed by atoms with Gasteiger partial charge in [0.25, 0.3) is 0 Å². The standard InChI is InChI=1S/C7H16N2/c1-3-6-9-7(2)4-5-8/h3-6,8H2,1-2H3. The molecule has 0 saturated carbocycles. The summed E-state index contributed by atoms with van der Waals surface area (Å²) >= 11 is 0. The molecule has 2 nitrogen and oxygen atoms in total. The maximum absolute atomic E-state index is 5.32. The normalized spacial score (nSPS) is 12.1. The van der Waals surface area contributed by atoms with E-state index in [9.17, 15) is 0 Å². The Balaban J connectivity index is 3.30. The van der Waals surface area contributed by atoms with Crippen LogP contribution in [0.5, 0.6) is 0 Å². The van der Waals surface area contributed by atoms with Crippen molar-refractivity contribution in [2.45, 2.75) is 26.7 Å². The van der Waals surface area contributed by atoms with E-state index in [-0.39, 0.29) is 0 Å². The molecule has 0 fully saturated rings. The lowest BCUT2D eigenvalue weighted by Crippen LogP contribution is -2.04. The smallest absolute Gasteiger partial charge is 0.0385 e. The first kappa shape index (κ1) is 8.63. The summed E-state index contributed by atoms with van der Waals surface area (Å²) in [6.45, 7) is 5.83. The largest absolute Gasteiger partial charge is 0.330 e. The molecule has 2 heteroatoms. The van der Waals surface area contributed by atoms with Gasteiger partial charge in [-0.15, -0.1) is 0 Å². The van der Waals surface area contributed by atoms with Gasteiger partial charge in [0, 0.05) is 12.3 Å². The molecule has 0 saturated heterocycles. The van der Waals surface area contributed by atoms with Gasteiger partial charge in [0.05, 0.1) is 0 Å². The second kappa shape index (κ2) is 5.76. The van der Waals surface area contributed by atoms with Crippen molar-refractivity contribution in [3.63, 3.8) is 0 Å². The predicted molar refractivity (Wildman–Crippen MR) is 41.9 cm³/mol. The fraction of sp³-hybridized carbons (Fsp3) is 0.857. The summed E-state index contributed by atoms with van der Waals surface area (Å²) in [4.78, 5) is 4.27. The van der Waals surface area contributed by atoms with E-state index >= 15 is 0 Å². The molecule has 0 aromatic carbocycles. The Kier molecular flexibility index (Phi) is 5.52. The minimum absolute atomic E-state index is 0.721. The Morgan fingerprint density at radius 2 is 2.22 bits per heavy atom. The van der Waals surface area contributed by atoms with Crippen LogP contribution in [0.4, 0.5) is 0 Å². The molecule has 0 amide bonds. The van der Waals surface area contributed by atoms with E-state index in [1.165, 1.54) is 5.71 Å². The molecule has 0 rings (SSSR count). The van der Waals surface area contributed by atoms with E-state index in [4.69, 9.17) is 5.73 Å². The molecule has 54 valence electrons. The number of nitrogens with two attached hydrogens (primary N) is 1. The lowest BCUT2D eigenvalue weighted by Gasteiger charge is -1.94. The predicted octanol–water partition coefficient (Wildman–Crippen LogP) is 1.21. The quantitative estimate of drug-likeness (QED) is 0.568. The molecule has 0 aliphatic heterocycles. The molecule has 0 bridgehead atoms. The zero-order valence-corrected chi connectivity index (χ0v) is 6.35. The molecule has 0 aromatic heterocycles. The van der Waals surface area contributed by atoms with Crippen LogP contribution in [0.25, 0.3) is 0 Å². The summed E-state index contributed by atoms with van der Waals surface area (Å²) in [5.74, 6) is 0. The summed E-state index contributed by atoms with van der Waals surface area (Å²) in [6, 6.07) is 0. The Morgan fingerprint density at radius 1 is 1.56 bits per heavy atom. The van der Waals surface area contributed by atoms with E-state index in [2.05, 4.69) is 11.9 Å². The molecule has 0 aromatic rings. The molecular formula is C7H16N2. The second-order valence-electron chi connectivity index (χ2n) is 2.16. The fourth-order valence-corrected chi connectivity index (χ4v) is 0.591. The topological polar surface area (TPSA) is 38.4 Å². The first-order chi connectivity index (χ1) is 4.31. The van der Waals surface area contributed by atoms with Crippen molar-refractivity contribution in [2.24, 2.45) is 10.7 Å². The third-order valence-corrected chi connectivity index (χ3v) is 1.11. The van der Waals surface area contributed by atoms with E-state index < -0.39 is 0 Å². The van der Waals surface area contributed by atoms with Gasteiger partial charge in [0.2, 0.25) is 0 Å². The molecule has 0 heterocycles. The number of hydrogen-bond donors (Lipinski definition) is 1. The molecule has 9 heavy (non-hydrogen) atoms. The Bertz CT molecular complexity index is 86.9. The highest BCUT2D eigenvalue weighted by molar-refractivity contribution is 5.81. The first-order valence-electron chi connectivity index (χ1n) is 3.51. The third kappa shape index (κ3) is 5.50. The van der Waals surface area contributed by atoms with Crippen molar-refractivity contribution in [1.82, 2.24) is 0 Å². The van der Waals surface area contributed by atoms with Gasteiger partial charge in [-0.2, -0.15) is 0 Å². The van der Waals surface area contributed by atoms with Gasteiger partial charge in [-0.1, -0.05) is 6.92 Å². The van der Waals surface area contributed by atoms with Gasteiger partial charge < -0.3 is 5.73 Å². The van der Waals surface area contributed by atoms with E-state index in [1.807, 2.05) is 6.92 Å². The van der Waals surface area contributed by atoms with Crippen LogP contribution in [0, 0.1) is 0 Å². The van der Waals surface area contributed by atoms with Crippen LogP contribution in [0.3, 0.4) is 0 Å².